The Morgan fingerprint density at radius 2 is 2.00 bits per heavy atom. The molecule has 0 saturated carbocycles. The van der Waals surface area contributed by atoms with E-state index >= 15 is 0 Å². The minimum atomic E-state index is -2.95. The molecule has 0 aromatic heterocycles. The number of halogens is 1. The highest BCUT2D eigenvalue weighted by Crippen LogP contribution is 2.23. The molecule has 0 spiro atoms. The Kier molecular flexibility index (Phi) is 6.30. The van der Waals surface area contributed by atoms with E-state index in [1.165, 1.54) is 6.26 Å². The molecule has 0 heterocycles. The van der Waals surface area contributed by atoms with Crippen LogP contribution >= 0.6 is 11.6 Å². The van der Waals surface area contributed by atoms with Gasteiger partial charge in [-0.05, 0) is 17.7 Å². The molecule has 4 nitrogen and oxygen atoms in total. The van der Waals surface area contributed by atoms with Crippen molar-refractivity contribution in [3.05, 3.63) is 28.8 Å². The maximum absolute atomic E-state index is 11.2. The Bertz CT molecular complexity index is 544. The summed E-state index contributed by atoms with van der Waals surface area (Å²) in [6.07, 6.45) is 1.24. The Labute approximate surface area is 127 Å². The van der Waals surface area contributed by atoms with Crippen molar-refractivity contribution in [2.24, 2.45) is 0 Å². The molecule has 1 aromatic rings. The van der Waals surface area contributed by atoms with Crippen molar-refractivity contribution >= 4 is 27.1 Å². The number of benzene rings is 1. The fraction of sp³-hybridized carbons (Fsp3) is 0.571. The SMILES string of the molecule is CC(C)NCc1ccc(N(C)CCS(C)(=O)=O)cc1Cl. The summed E-state index contributed by atoms with van der Waals surface area (Å²) in [5.74, 6) is 0.137. The maximum Gasteiger partial charge on any atom is 0.149 e. The van der Waals surface area contributed by atoms with Crippen LogP contribution in [0.2, 0.25) is 5.02 Å². The van der Waals surface area contributed by atoms with Crippen molar-refractivity contribution in [3.8, 4) is 0 Å². The minimum Gasteiger partial charge on any atom is -0.374 e. The number of hydrogen-bond donors (Lipinski definition) is 1. The summed E-state index contributed by atoms with van der Waals surface area (Å²) in [6.45, 7) is 5.35. The molecule has 0 saturated heterocycles. The van der Waals surface area contributed by atoms with Gasteiger partial charge in [-0.1, -0.05) is 31.5 Å². The molecule has 0 atom stereocenters. The lowest BCUT2D eigenvalue weighted by Crippen LogP contribution is -2.25. The second kappa shape index (κ2) is 7.29. The molecule has 1 rings (SSSR count). The smallest absolute Gasteiger partial charge is 0.149 e. The van der Waals surface area contributed by atoms with Crippen LogP contribution in [0.3, 0.4) is 0 Å². The van der Waals surface area contributed by atoms with E-state index < -0.39 is 9.84 Å². The largest absolute Gasteiger partial charge is 0.374 e. The van der Waals surface area contributed by atoms with Gasteiger partial charge in [0, 0.05) is 43.1 Å². The fourth-order valence-electron chi connectivity index (χ4n) is 1.66. The van der Waals surface area contributed by atoms with Crippen LogP contribution in [0.1, 0.15) is 19.4 Å². The number of nitrogens with one attached hydrogen (secondary N) is 1. The molecule has 20 heavy (non-hydrogen) atoms. The molecule has 114 valence electrons. The minimum absolute atomic E-state index is 0.137. The standard InChI is InChI=1S/C14H23ClN2O2S/c1-11(2)16-10-12-5-6-13(9-14(12)15)17(3)7-8-20(4,18)19/h5-6,9,11,16H,7-8,10H2,1-4H3. The second-order valence-corrected chi connectivity index (χ2v) is 8.03. The number of sulfone groups is 1. The van der Waals surface area contributed by atoms with Gasteiger partial charge in [0.25, 0.3) is 0 Å². The summed E-state index contributed by atoms with van der Waals surface area (Å²) < 4.78 is 22.4. The predicted octanol–water partition coefficient (Wildman–Crippen LogP) is 2.32. The average molecular weight is 319 g/mol. The molecular formula is C14H23ClN2O2S. The van der Waals surface area contributed by atoms with Gasteiger partial charge in [-0.15, -0.1) is 0 Å². The first kappa shape index (κ1) is 17.3. The zero-order valence-corrected chi connectivity index (χ0v) is 14.1. The quantitative estimate of drug-likeness (QED) is 0.838. The molecule has 0 bridgehead atoms. The number of rotatable bonds is 7. The van der Waals surface area contributed by atoms with Crippen molar-refractivity contribution in [3.63, 3.8) is 0 Å². The van der Waals surface area contributed by atoms with E-state index in [2.05, 4.69) is 19.2 Å². The molecule has 1 aromatic carbocycles. The van der Waals surface area contributed by atoms with Gasteiger partial charge in [-0.2, -0.15) is 0 Å². The summed E-state index contributed by atoms with van der Waals surface area (Å²) in [4.78, 5) is 1.90. The molecule has 0 radical (unpaired) electrons. The third kappa shape index (κ3) is 6.11. The fourth-order valence-corrected chi connectivity index (χ4v) is 2.51. The Morgan fingerprint density at radius 3 is 2.50 bits per heavy atom. The van der Waals surface area contributed by atoms with E-state index in [1.807, 2.05) is 30.1 Å². The highest BCUT2D eigenvalue weighted by atomic mass is 35.5. The first-order valence-corrected chi connectivity index (χ1v) is 9.03. The Morgan fingerprint density at radius 1 is 1.35 bits per heavy atom. The molecule has 0 aliphatic carbocycles. The van der Waals surface area contributed by atoms with Crippen LogP contribution in [-0.4, -0.2) is 40.1 Å². The molecule has 6 heteroatoms. The van der Waals surface area contributed by atoms with Crippen LogP contribution in [-0.2, 0) is 16.4 Å². The van der Waals surface area contributed by atoms with Gasteiger partial charge in [0.15, 0.2) is 0 Å². The molecule has 1 N–H and O–H groups in total. The summed E-state index contributed by atoms with van der Waals surface area (Å²) in [5, 5.41) is 4.02. The molecule has 0 aliphatic heterocycles. The molecule has 0 aliphatic rings. The Balaban J connectivity index is 2.71. The molecule has 0 amide bonds. The monoisotopic (exact) mass is 318 g/mol. The lowest BCUT2D eigenvalue weighted by molar-refractivity contribution is 0.589. The first-order valence-electron chi connectivity index (χ1n) is 6.59. The van der Waals surface area contributed by atoms with Crippen molar-refractivity contribution in [2.75, 3.05) is 30.5 Å². The lowest BCUT2D eigenvalue weighted by atomic mass is 10.2. The van der Waals surface area contributed by atoms with Crippen molar-refractivity contribution in [1.29, 1.82) is 0 Å². The zero-order valence-electron chi connectivity index (χ0n) is 12.5. The molecular weight excluding hydrogens is 296 g/mol. The third-order valence-electron chi connectivity index (χ3n) is 2.98. The van der Waals surface area contributed by atoms with Gasteiger partial charge < -0.3 is 10.2 Å². The zero-order chi connectivity index (χ0) is 15.3. The average Bonchev–Trinajstić information content (AvgIpc) is 2.33. The van der Waals surface area contributed by atoms with Gasteiger partial charge in [0.1, 0.15) is 9.84 Å². The number of nitrogens with zero attached hydrogens (tertiary/aromatic N) is 1. The van der Waals surface area contributed by atoms with Crippen LogP contribution < -0.4 is 10.2 Å². The van der Waals surface area contributed by atoms with E-state index in [1.54, 1.807) is 0 Å². The van der Waals surface area contributed by atoms with Crippen LogP contribution in [0.4, 0.5) is 5.69 Å². The highest BCUT2D eigenvalue weighted by molar-refractivity contribution is 7.90. The van der Waals surface area contributed by atoms with Crippen LogP contribution in [0.25, 0.3) is 0 Å². The summed E-state index contributed by atoms with van der Waals surface area (Å²) >= 11 is 6.26. The van der Waals surface area contributed by atoms with E-state index in [9.17, 15) is 8.42 Å². The summed E-state index contributed by atoms with van der Waals surface area (Å²) in [6, 6.07) is 6.22. The highest BCUT2D eigenvalue weighted by Gasteiger charge is 2.09. The molecule has 0 unspecified atom stereocenters. The van der Waals surface area contributed by atoms with Crippen LogP contribution in [0.5, 0.6) is 0 Å². The number of hydrogen-bond acceptors (Lipinski definition) is 4. The second-order valence-electron chi connectivity index (χ2n) is 5.36. The van der Waals surface area contributed by atoms with Gasteiger partial charge in [0.05, 0.1) is 5.75 Å². The normalized spacial score (nSPS) is 11.9. The first-order chi connectivity index (χ1) is 9.19. The van der Waals surface area contributed by atoms with Gasteiger partial charge in [-0.3, -0.25) is 0 Å². The Hall–Kier alpha value is -0.780. The number of anilines is 1. The lowest BCUT2D eigenvalue weighted by Gasteiger charge is -2.20. The van der Waals surface area contributed by atoms with Crippen molar-refractivity contribution in [1.82, 2.24) is 5.32 Å². The van der Waals surface area contributed by atoms with Crippen molar-refractivity contribution < 1.29 is 8.42 Å². The van der Waals surface area contributed by atoms with E-state index in [0.717, 1.165) is 17.8 Å². The topological polar surface area (TPSA) is 49.4 Å². The summed E-state index contributed by atoms with van der Waals surface area (Å²) in [5.41, 5.74) is 1.97. The van der Waals surface area contributed by atoms with E-state index in [-0.39, 0.29) is 5.75 Å². The van der Waals surface area contributed by atoms with Gasteiger partial charge in [0.2, 0.25) is 0 Å². The maximum atomic E-state index is 11.2. The van der Waals surface area contributed by atoms with Gasteiger partial charge in [-0.25, -0.2) is 8.42 Å². The van der Waals surface area contributed by atoms with Crippen LogP contribution in [0, 0.1) is 0 Å². The predicted molar refractivity (Wildman–Crippen MR) is 86.4 cm³/mol. The van der Waals surface area contributed by atoms with E-state index in [4.69, 9.17) is 11.6 Å². The van der Waals surface area contributed by atoms with Gasteiger partial charge >= 0.3 is 0 Å². The molecule has 0 fully saturated rings. The summed E-state index contributed by atoms with van der Waals surface area (Å²) in [7, 11) is -1.08. The van der Waals surface area contributed by atoms with Crippen molar-refractivity contribution in [2.45, 2.75) is 26.4 Å². The third-order valence-corrected chi connectivity index (χ3v) is 4.25. The van der Waals surface area contributed by atoms with E-state index in [0.29, 0.717) is 17.6 Å². The van der Waals surface area contributed by atoms with Crippen LogP contribution in [0.15, 0.2) is 18.2 Å².